The number of carboxylic acid groups (broad SMARTS) is 1. The maximum atomic E-state index is 11.8. The topological polar surface area (TPSA) is 52.6 Å². The number of piperazine rings is 1. The van der Waals surface area contributed by atoms with Crippen molar-refractivity contribution in [2.45, 2.75) is 12.5 Å². The van der Waals surface area contributed by atoms with Gasteiger partial charge in [0, 0.05) is 30.7 Å². The molecule has 4 nitrogen and oxygen atoms in total. The molecule has 1 aromatic rings. The summed E-state index contributed by atoms with van der Waals surface area (Å²) < 4.78 is 0.905. The summed E-state index contributed by atoms with van der Waals surface area (Å²) in [5.74, 6) is -0.803. The van der Waals surface area contributed by atoms with Crippen LogP contribution >= 0.6 is 15.9 Å². The third-order valence-electron chi connectivity index (χ3n) is 3.55. The van der Waals surface area contributed by atoms with Crippen molar-refractivity contribution in [2.24, 2.45) is 0 Å². The largest absolute Gasteiger partial charge is 0.480 e. The number of hydrogen-bond donors (Lipinski definition) is 2. The molecule has 1 unspecified atom stereocenters. The number of halogens is 1. The van der Waals surface area contributed by atoms with Crippen molar-refractivity contribution in [3.8, 4) is 0 Å². The third-order valence-corrected chi connectivity index (χ3v) is 4.05. The molecular formula is C13H17BrN2O2. The van der Waals surface area contributed by atoms with E-state index in [2.05, 4.69) is 21.2 Å². The Balaban J connectivity index is 2.39. The molecule has 1 saturated heterocycles. The Morgan fingerprint density at radius 3 is 2.67 bits per heavy atom. The number of carbonyl (C=O) groups is 1. The highest BCUT2D eigenvalue weighted by molar-refractivity contribution is 9.10. The summed E-state index contributed by atoms with van der Waals surface area (Å²) in [5.41, 5.74) is -0.155. The van der Waals surface area contributed by atoms with Gasteiger partial charge in [-0.25, -0.2) is 4.79 Å². The molecule has 1 aliphatic heterocycles. The lowest BCUT2D eigenvalue weighted by Gasteiger charge is -2.40. The summed E-state index contributed by atoms with van der Waals surface area (Å²) in [5, 5.41) is 12.9. The van der Waals surface area contributed by atoms with Gasteiger partial charge >= 0.3 is 5.97 Å². The van der Waals surface area contributed by atoms with E-state index in [4.69, 9.17) is 0 Å². The lowest BCUT2D eigenvalue weighted by molar-refractivity contribution is -0.151. The van der Waals surface area contributed by atoms with Crippen LogP contribution in [-0.2, 0) is 10.3 Å². The number of benzene rings is 1. The van der Waals surface area contributed by atoms with Gasteiger partial charge in [0.2, 0.25) is 0 Å². The van der Waals surface area contributed by atoms with Crippen LogP contribution in [0.4, 0.5) is 0 Å². The monoisotopic (exact) mass is 312 g/mol. The molecule has 5 heteroatoms. The highest BCUT2D eigenvalue weighted by atomic mass is 79.9. The molecular weight excluding hydrogens is 296 g/mol. The van der Waals surface area contributed by atoms with E-state index in [1.807, 2.05) is 29.2 Å². The predicted octanol–water partition coefficient (Wildman–Crippen LogP) is 1.65. The molecule has 0 aliphatic carbocycles. The predicted molar refractivity (Wildman–Crippen MR) is 73.6 cm³/mol. The highest BCUT2D eigenvalue weighted by Crippen LogP contribution is 2.30. The van der Waals surface area contributed by atoms with Crippen LogP contribution in [0.3, 0.4) is 0 Å². The maximum Gasteiger partial charge on any atom is 0.328 e. The number of hydrogen-bond acceptors (Lipinski definition) is 3. The van der Waals surface area contributed by atoms with E-state index in [0.717, 1.165) is 36.2 Å². The SMILES string of the molecule is CC(C(=O)O)(c1cccc(Br)c1)N1CCNCC1. The first kappa shape index (κ1) is 13.5. The zero-order valence-corrected chi connectivity index (χ0v) is 11.9. The molecule has 0 saturated carbocycles. The summed E-state index contributed by atoms with van der Waals surface area (Å²) >= 11 is 3.40. The second-order valence-electron chi connectivity index (χ2n) is 4.62. The van der Waals surface area contributed by atoms with Crippen molar-refractivity contribution >= 4 is 21.9 Å². The molecule has 0 bridgehead atoms. The average molecular weight is 313 g/mol. The Hall–Kier alpha value is -0.910. The van der Waals surface area contributed by atoms with E-state index < -0.39 is 11.5 Å². The van der Waals surface area contributed by atoms with Crippen molar-refractivity contribution < 1.29 is 9.90 Å². The number of nitrogens with zero attached hydrogens (tertiary/aromatic N) is 1. The Bertz CT molecular complexity index is 446. The zero-order chi connectivity index (χ0) is 13.2. The summed E-state index contributed by atoms with van der Waals surface area (Å²) in [7, 11) is 0. The van der Waals surface area contributed by atoms with Crippen molar-refractivity contribution in [1.29, 1.82) is 0 Å². The van der Waals surface area contributed by atoms with Crippen LogP contribution in [0.25, 0.3) is 0 Å². The van der Waals surface area contributed by atoms with E-state index >= 15 is 0 Å². The first-order valence-corrected chi connectivity index (χ1v) is 6.79. The second-order valence-corrected chi connectivity index (χ2v) is 5.54. The molecule has 0 radical (unpaired) electrons. The van der Waals surface area contributed by atoms with E-state index in [9.17, 15) is 9.90 Å². The molecule has 1 aromatic carbocycles. The fourth-order valence-corrected chi connectivity index (χ4v) is 2.74. The fourth-order valence-electron chi connectivity index (χ4n) is 2.34. The molecule has 18 heavy (non-hydrogen) atoms. The molecule has 98 valence electrons. The average Bonchev–Trinajstić information content (AvgIpc) is 2.38. The van der Waals surface area contributed by atoms with Gasteiger partial charge in [0.1, 0.15) is 5.54 Å². The van der Waals surface area contributed by atoms with E-state index in [1.54, 1.807) is 6.92 Å². The molecule has 0 amide bonds. The van der Waals surface area contributed by atoms with Crippen LogP contribution in [0.1, 0.15) is 12.5 Å². The van der Waals surface area contributed by atoms with Crippen molar-refractivity contribution in [3.05, 3.63) is 34.3 Å². The number of nitrogens with one attached hydrogen (secondary N) is 1. The molecule has 2 N–H and O–H groups in total. The number of rotatable bonds is 3. The molecule has 0 spiro atoms. The Morgan fingerprint density at radius 2 is 2.11 bits per heavy atom. The number of aliphatic carboxylic acids is 1. The quantitative estimate of drug-likeness (QED) is 0.891. The maximum absolute atomic E-state index is 11.8. The van der Waals surface area contributed by atoms with Gasteiger partial charge < -0.3 is 10.4 Å². The zero-order valence-electron chi connectivity index (χ0n) is 10.3. The minimum absolute atomic E-state index is 0.745. The fraction of sp³-hybridized carbons (Fsp3) is 0.462. The lowest BCUT2D eigenvalue weighted by Crippen LogP contribution is -2.56. The molecule has 1 fully saturated rings. The van der Waals surface area contributed by atoms with Gasteiger partial charge in [0.15, 0.2) is 0 Å². The van der Waals surface area contributed by atoms with E-state index in [-0.39, 0.29) is 0 Å². The minimum atomic E-state index is -0.966. The van der Waals surface area contributed by atoms with Crippen molar-refractivity contribution in [3.63, 3.8) is 0 Å². The van der Waals surface area contributed by atoms with Crippen molar-refractivity contribution in [2.75, 3.05) is 26.2 Å². The Labute approximate surface area is 115 Å². The summed E-state index contributed by atoms with van der Waals surface area (Å²) in [6.07, 6.45) is 0. The van der Waals surface area contributed by atoms with Crippen LogP contribution in [0.2, 0.25) is 0 Å². The van der Waals surface area contributed by atoms with Crippen molar-refractivity contribution in [1.82, 2.24) is 10.2 Å². The Kier molecular flexibility index (Phi) is 4.04. The summed E-state index contributed by atoms with van der Waals surface area (Å²) in [4.78, 5) is 13.8. The summed E-state index contributed by atoms with van der Waals surface area (Å²) in [6, 6.07) is 7.55. The van der Waals surface area contributed by atoms with Crippen LogP contribution < -0.4 is 5.32 Å². The minimum Gasteiger partial charge on any atom is -0.480 e. The van der Waals surface area contributed by atoms with Crippen LogP contribution in [-0.4, -0.2) is 42.2 Å². The highest BCUT2D eigenvalue weighted by Gasteiger charge is 2.41. The molecule has 1 aliphatic rings. The Morgan fingerprint density at radius 1 is 1.44 bits per heavy atom. The van der Waals surface area contributed by atoms with E-state index in [1.165, 1.54) is 0 Å². The second kappa shape index (κ2) is 5.38. The van der Waals surface area contributed by atoms with Gasteiger partial charge in [-0.15, -0.1) is 0 Å². The molecule has 2 rings (SSSR count). The molecule has 1 atom stereocenters. The third kappa shape index (κ3) is 2.43. The molecule has 0 aromatic heterocycles. The van der Waals surface area contributed by atoms with E-state index in [0.29, 0.717) is 0 Å². The van der Waals surface area contributed by atoms with Gasteiger partial charge in [0.25, 0.3) is 0 Å². The standard InChI is InChI=1S/C13H17BrN2O2/c1-13(12(17)18,16-7-5-15-6-8-16)10-3-2-4-11(14)9-10/h2-4,9,15H,5-8H2,1H3,(H,17,18). The van der Waals surface area contributed by atoms with Gasteiger partial charge in [-0.05, 0) is 24.6 Å². The first-order valence-electron chi connectivity index (χ1n) is 6.00. The van der Waals surface area contributed by atoms with Gasteiger partial charge in [0.05, 0.1) is 0 Å². The normalized spacial score (nSPS) is 20.3. The van der Waals surface area contributed by atoms with Gasteiger partial charge in [-0.3, -0.25) is 4.90 Å². The molecule has 1 heterocycles. The lowest BCUT2D eigenvalue weighted by atomic mass is 9.89. The smallest absolute Gasteiger partial charge is 0.328 e. The first-order chi connectivity index (χ1) is 8.55. The van der Waals surface area contributed by atoms with Gasteiger partial charge in [-0.2, -0.15) is 0 Å². The van der Waals surface area contributed by atoms with Crippen LogP contribution in [0.15, 0.2) is 28.7 Å². The van der Waals surface area contributed by atoms with Crippen LogP contribution in [0, 0.1) is 0 Å². The number of carboxylic acids is 1. The van der Waals surface area contributed by atoms with Crippen LogP contribution in [0.5, 0.6) is 0 Å². The van der Waals surface area contributed by atoms with Gasteiger partial charge in [-0.1, -0.05) is 28.1 Å². The summed E-state index contributed by atoms with van der Waals surface area (Å²) in [6.45, 7) is 4.93.